The van der Waals surface area contributed by atoms with E-state index >= 15 is 0 Å². The fourth-order valence-electron chi connectivity index (χ4n) is 3.84. The normalized spacial score (nSPS) is 19.6. The molecule has 0 aromatic heterocycles. The summed E-state index contributed by atoms with van der Waals surface area (Å²) in [5.41, 5.74) is 1.43. The highest BCUT2D eigenvalue weighted by Crippen LogP contribution is 2.36. The second-order valence-corrected chi connectivity index (χ2v) is 7.35. The minimum Gasteiger partial charge on any atom is -0.491 e. The summed E-state index contributed by atoms with van der Waals surface area (Å²) in [6, 6.07) is 8.30. The largest absolute Gasteiger partial charge is 0.491 e. The number of benzene rings is 2. The van der Waals surface area contributed by atoms with Crippen LogP contribution in [0.4, 0.5) is 13.2 Å². The maximum Gasteiger partial charge on any atom is 0.166 e. The summed E-state index contributed by atoms with van der Waals surface area (Å²) in [5.74, 6) is -1.47. The highest BCUT2D eigenvalue weighted by molar-refractivity contribution is 5.50. The minimum absolute atomic E-state index is 0.00327. The van der Waals surface area contributed by atoms with Gasteiger partial charge in [0.2, 0.25) is 0 Å². The molecule has 0 saturated heterocycles. The molecule has 29 heavy (non-hydrogen) atoms. The Labute approximate surface area is 170 Å². The van der Waals surface area contributed by atoms with Gasteiger partial charge in [-0.15, -0.1) is 0 Å². The lowest BCUT2D eigenvalue weighted by Crippen LogP contribution is -2.21. The van der Waals surface area contributed by atoms with Crippen LogP contribution in [0.15, 0.2) is 36.4 Å². The van der Waals surface area contributed by atoms with Crippen LogP contribution in [-0.2, 0) is 11.3 Å². The van der Waals surface area contributed by atoms with E-state index in [1.54, 1.807) is 37.3 Å². The quantitative estimate of drug-likeness (QED) is 0.506. The van der Waals surface area contributed by atoms with Gasteiger partial charge in [0.1, 0.15) is 0 Å². The van der Waals surface area contributed by atoms with Crippen molar-refractivity contribution in [3.05, 3.63) is 70.5 Å². The highest BCUT2D eigenvalue weighted by atomic mass is 19.2. The molecule has 5 heteroatoms. The molecule has 0 radical (unpaired) electrons. The van der Waals surface area contributed by atoms with E-state index < -0.39 is 11.6 Å². The maximum absolute atomic E-state index is 14.2. The molecule has 0 N–H and O–H groups in total. The van der Waals surface area contributed by atoms with Gasteiger partial charge >= 0.3 is 0 Å². The van der Waals surface area contributed by atoms with Gasteiger partial charge in [-0.3, -0.25) is 0 Å². The summed E-state index contributed by atoms with van der Waals surface area (Å²) in [5, 5.41) is 0. The van der Waals surface area contributed by atoms with Gasteiger partial charge in [0, 0.05) is 11.1 Å². The van der Waals surface area contributed by atoms with Crippen LogP contribution in [0.1, 0.15) is 62.1 Å². The Balaban J connectivity index is 1.54. The van der Waals surface area contributed by atoms with E-state index in [1.165, 1.54) is 6.08 Å². The Bertz CT molecular complexity index is 855. The number of hydrogen-bond donors (Lipinski definition) is 0. The molecule has 1 fully saturated rings. The lowest BCUT2D eigenvalue weighted by Gasteiger charge is -2.29. The summed E-state index contributed by atoms with van der Waals surface area (Å²) in [4.78, 5) is 0. The molecular weight excluding hydrogens is 377 g/mol. The second-order valence-electron chi connectivity index (χ2n) is 7.35. The van der Waals surface area contributed by atoms with Crippen molar-refractivity contribution in [1.82, 2.24) is 0 Å². The lowest BCUT2D eigenvalue weighted by atomic mass is 9.82. The summed E-state index contributed by atoms with van der Waals surface area (Å²) in [6.45, 7) is 4.06. The van der Waals surface area contributed by atoms with E-state index in [9.17, 15) is 13.2 Å². The van der Waals surface area contributed by atoms with Gasteiger partial charge in [0.05, 0.1) is 19.3 Å². The molecule has 3 rings (SSSR count). The monoisotopic (exact) mass is 404 g/mol. The first kappa shape index (κ1) is 21.4. The molecule has 0 heterocycles. The van der Waals surface area contributed by atoms with Crippen molar-refractivity contribution in [1.29, 1.82) is 0 Å². The summed E-state index contributed by atoms with van der Waals surface area (Å²) >= 11 is 0. The first-order valence-corrected chi connectivity index (χ1v) is 10.2. The molecular formula is C24H27F3O2. The van der Waals surface area contributed by atoms with Crippen molar-refractivity contribution in [2.45, 2.75) is 58.2 Å². The topological polar surface area (TPSA) is 18.5 Å². The third kappa shape index (κ3) is 5.21. The van der Waals surface area contributed by atoms with Crippen molar-refractivity contribution < 1.29 is 22.6 Å². The fraction of sp³-hybridized carbons (Fsp3) is 0.417. The van der Waals surface area contributed by atoms with E-state index in [0.717, 1.165) is 31.2 Å². The summed E-state index contributed by atoms with van der Waals surface area (Å²) in [7, 11) is 0. The number of hydrogen-bond acceptors (Lipinski definition) is 2. The fourth-order valence-corrected chi connectivity index (χ4v) is 3.84. The Morgan fingerprint density at radius 1 is 1.00 bits per heavy atom. The molecule has 0 amide bonds. The van der Waals surface area contributed by atoms with E-state index in [-0.39, 0.29) is 41.3 Å². The van der Waals surface area contributed by atoms with Crippen LogP contribution in [-0.4, -0.2) is 12.7 Å². The molecule has 2 aromatic rings. The highest BCUT2D eigenvalue weighted by Gasteiger charge is 2.24. The second kappa shape index (κ2) is 9.97. The lowest BCUT2D eigenvalue weighted by molar-refractivity contribution is 0.0118. The van der Waals surface area contributed by atoms with Crippen molar-refractivity contribution in [3.63, 3.8) is 0 Å². The summed E-state index contributed by atoms with van der Waals surface area (Å²) < 4.78 is 53.5. The Kier molecular flexibility index (Phi) is 7.37. The van der Waals surface area contributed by atoms with Crippen LogP contribution in [0.25, 0.3) is 6.08 Å². The zero-order valence-corrected chi connectivity index (χ0v) is 16.9. The Morgan fingerprint density at radius 3 is 2.41 bits per heavy atom. The first-order chi connectivity index (χ1) is 14.0. The zero-order valence-electron chi connectivity index (χ0n) is 16.9. The number of allylic oxidation sites excluding steroid dienone is 1. The van der Waals surface area contributed by atoms with Crippen LogP contribution in [0.5, 0.6) is 5.75 Å². The van der Waals surface area contributed by atoms with Gasteiger partial charge in [-0.1, -0.05) is 30.4 Å². The van der Waals surface area contributed by atoms with Crippen molar-refractivity contribution in [2.24, 2.45) is 0 Å². The van der Waals surface area contributed by atoms with Crippen molar-refractivity contribution >= 4 is 6.08 Å². The van der Waals surface area contributed by atoms with E-state index in [1.807, 2.05) is 13.0 Å². The predicted octanol–water partition coefficient (Wildman–Crippen LogP) is 6.78. The molecule has 1 aliphatic carbocycles. The smallest absolute Gasteiger partial charge is 0.166 e. The molecule has 2 aromatic carbocycles. The predicted molar refractivity (Wildman–Crippen MR) is 108 cm³/mol. The molecule has 0 spiro atoms. The molecule has 1 aliphatic rings. The third-order valence-electron chi connectivity index (χ3n) is 5.41. The van der Waals surface area contributed by atoms with E-state index in [2.05, 4.69) is 0 Å². The van der Waals surface area contributed by atoms with Crippen LogP contribution in [0, 0.1) is 17.5 Å². The van der Waals surface area contributed by atoms with E-state index in [0.29, 0.717) is 6.61 Å². The Morgan fingerprint density at radius 2 is 1.76 bits per heavy atom. The SMILES string of the molecule is C/C=C/c1ccc(COC2CCC(c3ccc(OCC)c(F)c3)CC2)c(F)c1F. The average molecular weight is 404 g/mol. The van der Waals surface area contributed by atoms with Crippen LogP contribution >= 0.6 is 0 Å². The number of rotatable bonds is 7. The molecule has 0 bridgehead atoms. The van der Waals surface area contributed by atoms with Crippen LogP contribution in [0.3, 0.4) is 0 Å². The zero-order chi connectivity index (χ0) is 20.8. The van der Waals surface area contributed by atoms with Crippen molar-refractivity contribution in [2.75, 3.05) is 6.61 Å². The third-order valence-corrected chi connectivity index (χ3v) is 5.41. The van der Waals surface area contributed by atoms with Gasteiger partial charge in [-0.25, -0.2) is 13.2 Å². The first-order valence-electron chi connectivity index (χ1n) is 10.2. The Hall–Kier alpha value is -2.27. The maximum atomic E-state index is 14.2. The van der Waals surface area contributed by atoms with Crippen LogP contribution in [0.2, 0.25) is 0 Å². The van der Waals surface area contributed by atoms with Gasteiger partial charge < -0.3 is 9.47 Å². The average Bonchev–Trinajstić information content (AvgIpc) is 2.73. The van der Waals surface area contributed by atoms with Crippen molar-refractivity contribution in [3.8, 4) is 5.75 Å². The molecule has 0 unspecified atom stereocenters. The molecule has 1 saturated carbocycles. The minimum atomic E-state index is -0.848. The van der Waals surface area contributed by atoms with Crippen LogP contribution < -0.4 is 4.74 Å². The summed E-state index contributed by atoms with van der Waals surface area (Å²) in [6.07, 6.45) is 6.55. The van der Waals surface area contributed by atoms with Gasteiger partial charge in [0.25, 0.3) is 0 Å². The molecule has 0 aliphatic heterocycles. The molecule has 0 atom stereocenters. The molecule has 2 nitrogen and oxygen atoms in total. The van der Waals surface area contributed by atoms with Gasteiger partial charge in [0.15, 0.2) is 23.2 Å². The number of ether oxygens (including phenoxy) is 2. The van der Waals surface area contributed by atoms with Gasteiger partial charge in [-0.05, 0) is 63.1 Å². The van der Waals surface area contributed by atoms with Gasteiger partial charge in [-0.2, -0.15) is 0 Å². The number of halogens is 3. The molecule has 156 valence electrons. The standard InChI is InChI=1S/C24H27F3O2/c1-3-5-17-6-7-19(24(27)23(17)26)15-29-20-11-8-16(9-12-20)18-10-13-22(28-4-2)21(25)14-18/h3,5-7,10,13-14,16,20H,4,8-9,11-12,15H2,1-2H3/b5-3+. The van der Waals surface area contributed by atoms with E-state index in [4.69, 9.17) is 9.47 Å².